The van der Waals surface area contributed by atoms with Gasteiger partial charge in [-0.1, -0.05) is 25.1 Å². The SMILES string of the molecule is CCC(=N)CCc1ccc(C)c(C)c1. The summed E-state index contributed by atoms with van der Waals surface area (Å²) in [6.45, 7) is 6.32. The number of nitrogens with one attached hydrogen (secondary N) is 1. The maximum Gasteiger partial charge on any atom is 0.00897 e. The van der Waals surface area contributed by atoms with E-state index in [1.807, 2.05) is 6.92 Å². The molecule has 0 aliphatic carbocycles. The molecule has 0 aromatic heterocycles. The van der Waals surface area contributed by atoms with Crippen molar-refractivity contribution in [1.29, 1.82) is 5.41 Å². The highest BCUT2D eigenvalue weighted by molar-refractivity contribution is 5.81. The monoisotopic (exact) mass is 189 g/mol. The molecule has 0 fully saturated rings. The Morgan fingerprint density at radius 2 is 1.93 bits per heavy atom. The van der Waals surface area contributed by atoms with E-state index >= 15 is 0 Å². The van der Waals surface area contributed by atoms with Gasteiger partial charge in [-0.15, -0.1) is 0 Å². The number of benzene rings is 1. The van der Waals surface area contributed by atoms with Gasteiger partial charge in [0.2, 0.25) is 0 Å². The maximum absolute atomic E-state index is 7.58. The van der Waals surface area contributed by atoms with Crippen LogP contribution in [0.2, 0.25) is 0 Å². The van der Waals surface area contributed by atoms with Crippen LogP contribution in [-0.2, 0) is 6.42 Å². The summed E-state index contributed by atoms with van der Waals surface area (Å²) in [6.07, 6.45) is 2.79. The van der Waals surface area contributed by atoms with E-state index in [9.17, 15) is 0 Å². The normalized spacial score (nSPS) is 10.2. The second-order valence-electron chi connectivity index (χ2n) is 3.88. The quantitative estimate of drug-likeness (QED) is 0.699. The number of hydrogen-bond donors (Lipinski definition) is 1. The zero-order valence-corrected chi connectivity index (χ0v) is 9.35. The molecular formula is C13H19N. The molecule has 0 aliphatic rings. The zero-order chi connectivity index (χ0) is 10.6. The van der Waals surface area contributed by atoms with E-state index in [1.165, 1.54) is 16.7 Å². The van der Waals surface area contributed by atoms with E-state index in [-0.39, 0.29) is 0 Å². The lowest BCUT2D eigenvalue weighted by molar-refractivity contribution is 0.990. The van der Waals surface area contributed by atoms with Crippen molar-refractivity contribution in [2.45, 2.75) is 40.0 Å². The second kappa shape index (κ2) is 4.94. The van der Waals surface area contributed by atoms with Gasteiger partial charge in [0.05, 0.1) is 0 Å². The summed E-state index contributed by atoms with van der Waals surface area (Å²) in [5, 5.41) is 7.58. The summed E-state index contributed by atoms with van der Waals surface area (Å²) in [5.74, 6) is 0. The lowest BCUT2D eigenvalue weighted by atomic mass is 10.0. The Balaban J connectivity index is 2.60. The van der Waals surface area contributed by atoms with E-state index in [0.29, 0.717) is 0 Å². The van der Waals surface area contributed by atoms with Gasteiger partial charge in [0, 0.05) is 5.71 Å². The average Bonchev–Trinajstić information content (AvgIpc) is 2.19. The second-order valence-corrected chi connectivity index (χ2v) is 3.88. The molecular weight excluding hydrogens is 170 g/mol. The van der Waals surface area contributed by atoms with Crippen LogP contribution >= 0.6 is 0 Å². The molecule has 14 heavy (non-hydrogen) atoms. The van der Waals surface area contributed by atoms with Gasteiger partial charge >= 0.3 is 0 Å². The molecule has 76 valence electrons. The Hall–Kier alpha value is -1.11. The van der Waals surface area contributed by atoms with Crippen molar-refractivity contribution in [3.05, 3.63) is 34.9 Å². The number of aryl methyl sites for hydroxylation is 3. The molecule has 0 radical (unpaired) electrons. The van der Waals surface area contributed by atoms with Crippen LogP contribution in [-0.4, -0.2) is 5.71 Å². The minimum atomic E-state index is 0.850. The number of hydrogen-bond acceptors (Lipinski definition) is 1. The predicted octanol–water partition coefficient (Wildman–Crippen LogP) is 3.67. The molecule has 0 aliphatic heterocycles. The van der Waals surface area contributed by atoms with Gasteiger partial charge in [-0.2, -0.15) is 0 Å². The average molecular weight is 189 g/mol. The fourth-order valence-corrected chi connectivity index (χ4v) is 1.43. The van der Waals surface area contributed by atoms with E-state index in [0.717, 1.165) is 25.0 Å². The molecule has 1 aromatic carbocycles. The first kappa shape index (κ1) is 11.0. The summed E-state index contributed by atoms with van der Waals surface area (Å²) < 4.78 is 0. The molecule has 1 heteroatoms. The predicted molar refractivity (Wildman–Crippen MR) is 62.3 cm³/mol. The fraction of sp³-hybridized carbons (Fsp3) is 0.462. The first-order chi connectivity index (χ1) is 6.63. The minimum Gasteiger partial charge on any atom is -0.310 e. The van der Waals surface area contributed by atoms with Crippen LogP contribution in [0.4, 0.5) is 0 Å². The highest BCUT2D eigenvalue weighted by atomic mass is 14.4. The van der Waals surface area contributed by atoms with Crippen LogP contribution in [0.15, 0.2) is 18.2 Å². The first-order valence-corrected chi connectivity index (χ1v) is 5.26. The van der Waals surface area contributed by atoms with Gasteiger partial charge in [0.25, 0.3) is 0 Å². The molecule has 1 nitrogen and oxygen atoms in total. The summed E-state index contributed by atoms with van der Waals surface area (Å²) in [6, 6.07) is 6.57. The van der Waals surface area contributed by atoms with Crippen LogP contribution < -0.4 is 0 Å². The van der Waals surface area contributed by atoms with E-state index in [4.69, 9.17) is 5.41 Å². The van der Waals surface area contributed by atoms with E-state index in [1.54, 1.807) is 0 Å². The van der Waals surface area contributed by atoms with Crippen molar-refractivity contribution < 1.29 is 0 Å². The van der Waals surface area contributed by atoms with Gasteiger partial charge < -0.3 is 5.41 Å². The molecule has 0 unspecified atom stereocenters. The van der Waals surface area contributed by atoms with Gasteiger partial charge in [-0.25, -0.2) is 0 Å². The highest BCUT2D eigenvalue weighted by Gasteiger charge is 1.98. The Morgan fingerprint density at radius 3 is 2.50 bits per heavy atom. The topological polar surface area (TPSA) is 23.9 Å². The third-order valence-electron chi connectivity index (χ3n) is 2.71. The van der Waals surface area contributed by atoms with Gasteiger partial charge in [-0.05, 0) is 49.8 Å². The highest BCUT2D eigenvalue weighted by Crippen LogP contribution is 2.11. The van der Waals surface area contributed by atoms with Crippen LogP contribution in [0.5, 0.6) is 0 Å². The Labute approximate surface area is 86.7 Å². The van der Waals surface area contributed by atoms with Crippen molar-refractivity contribution in [2.75, 3.05) is 0 Å². The molecule has 0 bridgehead atoms. The molecule has 0 amide bonds. The van der Waals surface area contributed by atoms with E-state index in [2.05, 4.69) is 32.0 Å². The van der Waals surface area contributed by atoms with Gasteiger partial charge in [0.1, 0.15) is 0 Å². The zero-order valence-electron chi connectivity index (χ0n) is 9.35. The smallest absolute Gasteiger partial charge is 0.00897 e. The van der Waals surface area contributed by atoms with Crippen LogP contribution in [0, 0.1) is 19.3 Å². The first-order valence-electron chi connectivity index (χ1n) is 5.26. The maximum atomic E-state index is 7.58. The standard InChI is InChI=1S/C13H19N/c1-4-13(14)8-7-12-6-5-10(2)11(3)9-12/h5-6,9,14H,4,7-8H2,1-3H3. The summed E-state index contributed by atoms with van der Waals surface area (Å²) in [7, 11) is 0. The number of rotatable bonds is 4. The van der Waals surface area contributed by atoms with Crippen molar-refractivity contribution in [2.24, 2.45) is 0 Å². The lowest BCUT2D eigenvalue weighted by Gasteiger charge is -2.05. The third kappa shape index (κ3) is 2.99. The molecule has 1 aromatic rings. The third-order valence-corrected chi connectivity index (χ3v) is 2.71. The van der Waals surface area contributed by atoms with Gasteiger partial charge in [-0.3, -0.25) is 0 Å². The molecule has 1 rings (SSSR count). The van der Waals surface area contributed by atoms with E-state index < -0.39 is 0 Å². The van der Waals surface area contributed by atoms with Crippen molar-refractivity contribution in [3.8, 4) is 0 Å². The van der Waals surface area contributed by atoms with Crippen LogP contribution in [0.1, 0.15) is 36.5 Å². The van der Waals surface area contributed by atoms with Crippen LogP contribution in [0.3, 0.4) is 0 Å². The van der Waals surface area contributed by atoms with Crippen LogP contribution in [0.25, 0.3) is 0 Å². The Morgan fingerprint density at radius 1 is 1.21 bits per heavy atom. The largest absolute Gasteiger partial charge is 0.310 e. The molecule has 1 N–H and O–H groups in total. The minimum absolute atomic E-state index is 0.850. The summed E-state index contributed by atoms with van der Waals surface area (Å²) >= 11 is 0. The molecule has 0 heterocycles. The lowest BCUT2D eigenvalue weighted by Crippen LogP contribution is -1.97. The Bertz CT molecular complexity index is 326. The van der Waals surface area contributed by atoms with Gasteiger partial charge in [0.15, 0.2) is 0 Å². The summed E-state index contributed by atoms with van der Waals surface area (Å²) in [4.78, 5) is 0. The summed E-state index contributed by atoms with van der Waals surface area (Å²) in [5.41, 5.74) is 4.90. The van der Waals surface area contributed by atoms with Crippen molar-refractivity contribution in [1.82, 2.24) is 0 Å². The molecule has 0 atom stereocenters. The molecule has 0 spiro atoms. The van der Waals surface area contributed by atoms with Crippen molar-refractivity contribution in [3.63, 3.8) is 0 Å². The Kier molecular flexibility index (Phi) is 3.87. The molecule has 0 saturated heterocycles. The van der Waals surface area contributed by atoms with Crippen molar-refractivity contribution >= 4 is 5.71 Å². The molecule has 0 saturated carbocycles. The fourth-order valence-electron chi connectivity index (χ4n) is 1.43.